The quantitative estimate of drug-likeness (QED) is 0.285. The molecule has 1 aliphatic rings. The van der Waals surface area contributed by atoms with Gasteiger partial charge in [-0.05, 0) is 79.7 Å². The molecule has 0 radical (unpaired) electrons. The Balaban J connectivity index is 1.53. The Morgan fingerprint density at radius 3 is 2.44 bits per heavy atom. The van der Waals surface area contributed by atoms with Crippen LogP contribution in [0.5, 0.6) is 17.2 Å². The van der Waals surface area contributed by atoms with E-state index in [0.717, 1.165) is 11.3 Å². The van der Waals surface area contributed by atoms with E-state index in [2.05, 4.69) is 26.2 Å². The minimum absolute atomic E-state index is 0.0588. The van der Waals surface area contributed by atoms with E-state index in [1.165, 1.54) is 17.8 Å². The summed E-state index contributed by atoms with van der Waals surface area (Å²) in [5, 5.41) is 3.28. The first-order chi connectivity index (χ1) is 17.5. The minimum atomic E-state index is -0.331. The van der Waals surface area contributed by atoms with E-state index in [1.54, 1.807) is 36.4 Å². The molecule has 0 unspecified atom stereocenters. The van der Waals surface area contributed by atoms with Crippen LogP contribution in [0.1, 0.15) is 25.0 Å². The van der Waals surface area contributed by atoms with Crippen LogP contribution >= 0.6 is 27.7 Å². The molecule has 0 spiro atoms. The average Bonchev–Trinajstić information content (AvgIpc) is 3.20. The van der Waals surface area contributed by atoms with E-state index in [1.807, 2.05) is 38.1 Å². The Bertz CT molecular complexity index is 1310. The summed E-state index contributed by atoms with van der Waals surface area (Å²) < 4.78 is 31.8. The molecule has 36 heavy (non-hydrogen) atoms. The van der Waals surface area contributed by atoms with Gasteiger partial charge in [-0.1, -0.05) is 34.1 Å². The number of nitrogens with zero attached hydrogens (tertiary/aromatic N) is 1. The van der Waals surface area contributed by atoms with Gasteiger partial charge in [0, 0.05) is 10.0 Å². The van der Waals surface area contributed by atoms with Crippen molar-refractivity contribution in [2.45, 2.75) is 20.5 Å². The molecule has 3 aromatic carbocycles. The van der Waals surface area contributed by atoms with E-state index in [4.69, 9.17) is 14.2 Å². The molecule has 186 valence electrons. The van der Waals surface area contributed by atoms with Crippen LogP contribution in [0.25, 0.3) is 6.08 Å². The number of nitrogens with one attached hydrogen (secondary N) is 1. The molecule has 9 heteroatoms. The largest absolute Gasteiger partial charge is 0.494 e. The Morgan fingerprint density at radius 2 is 1.72 bits per heavy atom. The lowest BCUT2D eigenvalue weighted by molar-refractivity contribution is -0.115. The predicted octanol–water partition coefficient (Wildman–Crippen LogP) is 6.86. The van der Waals surface area contributed by atoms with E-state index in [-0.39, 0.29) is 18.3 Å². The zero-order chi connectivity index (χ0) is 25.5. The Morgan fingerprint density at radius 1 is 1.00 bits per heavy atom. The highest BCUT2D eigenvalue weighted by Crippen LogP contribution is 2.37. The van der Waals surface area contributed by atoms with Crippen LogP contribution in [-0.4, -0.2) is 24.3 Å². The van der Waals surface area contributed by atoms with Crippen molar-refractivity contribution in [1.82, 2.24) is 5.32 Å². The number of ether oxygens (including phenoxy) is 3. The van der Waals surface area contributed by atoms with Crippen LogP contribution in [0.4, 0.5) is 10.1 Å². The lowest BCUT2D eigenvalue weighted by Crippen LogP contribution is -2.19. The monoisotopic (exact) mass is 570 g/mol. The molecule has 0 atom stereocenters. The lowest BCUT2D eigenvalue weighted by atomic mass is 10.1. The van der Waals surface area contributed by atoms with Crippen molar-refractivity contribution in [3.63, 3.8) is 0 Å². The number of hydrogen-bond acceptors (Lipinski definition) is 6. The fourth-order valence-corrected chi connectivity index (χ4v) is 4.61. The summed E-state index contributed by atoms with van der Waals surface area (Å²) in [5.41, 5.74) is 1.89. The molecule has 1 heterocycles. The van der Waals surface area contributed by atoms with Crippen molar-refractivity contribution in [3.8, 4) is 17.2 Å². The third-order valence-electron chi connectivity index (χ3n) is 5.02. The molecule has 1 aliphatic heterocycles. The second-order valence-corrected chi connectivity index (χ2v) is 9.43. The molecule has 0 bridgehead atoms. The van der Waals surface area contributed by atoms with Crippen molar-refractivity contribution >= 4 is 50.5 Å². The predicted molar refractivity (Wildman–Crippen MR) is 144 cm³/mol. The summed E-state index contributed by atoms with van der Waals surface area (Å²) in [7, 11) is 0. The second kappa shape index (κ2) is 12.1. The van der Waals surface area contributed by atoms with E-state index >= 15 is 0 Å². The van der Waals surface area contributed by atoms with Gasteiger partial charge in [-0.3, -0.25) is 4.79 Å². The molecule has 0 saturated carbocycles. The molecule has 1 amide bonds. The van der Waals surface area contributed by atoms with Gasteiger partial charge in [0.25, 0.3) is 5.91 Å². The van der Waals surface area contributed by atoms with E-state index in [9.17, 15) is 9.18 Å². The zero-order valence-corrected chi connectivity index (χ0v) is 22.1. The number of rotatable bonds is 9. The molecule has 0 aliphatic carbocycles. The summed E-state index contributed by atoms with van der Waals surface area (Å²) in [5.74, 6) is 1.16. The van der Waals surface area contributed by atoms with E-state index < -0.39 is 0 Å². The van der Waals surface area contributed by atoms with Crippen molar-refractivity contribution < 1.29 is 23.4 Å². The maximum Gasteiger partial charge on any atom is 0.264 e. The molecule has 1 saturated heterocycles. The standard InChI is InChI=1S/C27H24BrFN2O4S/c1-3-33-20-11-9-19(10-12-20)30-27-31-26(32)25(36-27)14-18-13-23(34-4-2)24(15-21(18)28)35-16-17-7-5-6-8-22(17)29/h5-15H,3-4,16H2,1-2H3,(H,30,31,32)/b25-14+. The van der Waals surface area contributed by atoms with Crippen molar-refractivity contribution in [2.24, 2.45) is 4.99 Å². The number of hydrogen-bond donors (Lipinski definition) is 1. The third kappa shape index (κ3) is 6.47. The maximum atomic E-state index is 14.0. The van der Waals surface area contributed by atoms with Gasteiger partial charge in [0.05, 0.1) is 23.8 Å². The van der Waals surface area contributed by atoms with Crippen LogP contribution in [0, 0.1) is 5.82 Å². The van der Waals surface area contributed by atoms with Gasteiger partial charge in [-0.15, -0.1) is 0 Å². The van der Waals surface area contributed by atoms with Crippen LogP contribution in [-0.2, 0) is 11.4 Å². The number of amides is 1. The number of carbonyl (C=O) groups excluding carboxylic acids is 1. The number of thioether (sulfide) groups is 1. The first-order valence-corrected chi connectivity index (χ1v) is 12.9. The smallest absolute Gasteiger partial charge is 0.264 e. The third-order valence-corrected chi connectivity index (χ3v) is 6.62. The number of aliphatic imine (C=N–C) groups is 1. The summed E-state index contributed by atoms with van der Waals surface area (Å²) in [4.78, 5) is 17.6. The van der Waals surface area contributed by atoms with Crippen molar-refractivity contribution in [2.75, 3.05) is 13.2 Å². The first kappa shape index (κ1) is 25.8. The van der Waals surface area contributed by atoms with Crippen molar-refractivity contribution in [3.05, 3.63) is 87.0 Å². The Kier molecular flexibility index (Phi) is 8.66. The second-order valence-electron chi connectivity index (χ2n) is 7.54. The Hall–Kier alpha value is -3.30. The highest BCUT2D eigenvalue weighted by atomic mass is 79.9. The molecular formula is C27H24BrFN2O4S. The highest BCUT2D eigenvalue weighted by Gasteiger charge is 2.24. The van der Waals surface area contributed by atoms with Gasteiger partial charge < -0.3 is 19.5 Å². The van der Waals surface area contributed by atoms with Gasteiger partial charge in [0.2, 0.25) is 0 Å². The highest BCUT2D eigenvalue weighted by molar-refractivity contribution is 9.10. The molecule has 4 rings (SSSR count). The molecule has 0 aromatic heterocycles. The lowest BCUT2D eigenvalue weighted by Gasteiger charge is -2.14. The summed E-state index contributed by atoms with van der Waals surface area (Å²) in [6.45, 7) is 4.86. The number of amidine groups is 1. The molecule has 1 fully saturated rings. The normalized spacial score (nSPS) is 15.3. The average molecular weight is 571 g/mol. The molecule has 3 aromatic rings. The number of carbonyl (C=O) groups is 1. The molecular weight excluding hydrogens is 547 g/mol. The van der Waals surface area contributed by atoms with Gasteiger partial charge in [0.1, 0.15) is 18.2 Å². The summed E-state index contributed by atoms with van der Waals surface area (Å²) in [6, 6.07) is 17.3. The molecule has 6 nitrogen and oxygen atoms in total. The summed E-state index contributed by atoms with van der Waals surface area (Å²) in [6.07, 6.45) is 1.76. The fourth-order valence-electron chi connectivity index (χ4n) is 3.34. The minimum Gasteiger partial charge on any atom is -0.494 e. The maximum absolute atomic E-state index is 14.0. The van der Waals surface area contributed by atoms with Crippen LogP contribution in [0.3, 0.4) is 0 Å². The molecule has 1 N–H and O–H groups in total. The summed E-state index contributed by atoms with van der Waals surface area (Å²) >= 11 is 4.80. The topological polar surface area (TPSA) is 69.2 Å². The fraction of sp³-hybridized carbons (Fsp3) is 0.185. The van der Waals surface area contributed by atoms with Crippen molar-refractivity contribution in [1.29, 1.82) is 0 Å². The van der Waals surface area contributed by atoms with Gasteiger partial charge >= 0.3 is 0 Å². The number of halogens is 2. The van der Waals surface area contributed by atoms with Gasteiger partial charge in [0.15, 0.2) is 16.7 Å². The van der Waals surface area contributed by atoms with Crippen LogP contribution in [0.15, 0.2) is 75.0 Å². The SMILES string of the molecule is CCOc1ccc(N=C2NC(=O)/C(=C\c3cc(OCC)c(OCc4ccccc4F)cc3Br)S2)cc1. The zero-order valence-electron chi connectivity index (χ0n) is 19.7. The number of benzene rings is 3. The van der Waals surface area contributed by atoms with Crippen LogP contribution in [0.2, 0.25) is 0 Å². The van der Waals surface area contributed by atoms with Crippen LogP contribution < -0.4 is 19.5 Å². The first-order valence-electron chi connectivity index (χ1n) is 11.3. The van der Waals surface area contributed by atoms with Gasteiger partial charge in [-0.25, -0.2) is 9.38 Å². The Labute approximate surface area is 221 Å². The van der Waals surface area contributed by atoms with Gasteiger partial charge in [-0.2, -0.15) is 0 Å². The van der Waals surface area contributed by atoms with E-state index in [0.29, 0.717) is 50.5 Å².